The average Bonchev–Trinajstić information content (AvgIpc) is 2.98. The van der Waals surface area contributed by atoms with Crippen molar-refractivity contribution in [3.63, 3.8) is 0 Å². The summed E-state index contributed by atoms with van der Waals surface area (Å²) in [7, 11) is 1.53. The number of hydrogen-bond acceptors (Lipinski definition) is 7. The van der Waals surface area contributed by atoms with E-state index in [1.807, 2.05) is 51.1 Å². The number of carbonyl (C=O) groups is 4. The second-order valence-electron chi connectivity index (χ2n) is 11.6. The Morgan fingerprint density at radius 2 is 1.67 bits per heavy atom. The molecule has 1 saturated heterocycles. The van der Waals surface area contributed by atoms with Gasteiger partial charge in [-0.05, 0) is 61.8 Å². The summed E-state index contributed by atoms with van der Waals surface area (Å²) < 4.78 is 5.61. The number of hydrazine groups is 1. The zero-order valence-corrected chi connectivity index (χ0v) is 25.1. The molecular weight excluding hydrogens is 536 g/mol. The number of fused-ring (bicyclic) bond motifs is 4. The molecule has 226 valence electrons. The van der Waals surface area contributed by atoms with E-state index in [1.54, 1.807) is 26.1 Å². The van der Waals surface area contributed by atoms with Crippen LogP contribution in [0.25, 0.3) is 16.8 Å². The first kappa shape index (κ1) is 31.1. The minimum absolute atomic E-state index is 0.209. The molecule has 2 aliphatic heterocycles. The highest BCUT2D eigenvalue weighted by Crippen LogP contribution is 2.22. The quantitative estimate of drug-likeness (QED) is 0.428. The van der Waals surface area contributed by atoms with Crippen LogP contribution in [-0.4, -0.2) is 71.5 Å². The molecule has 11 heteroatoms. The molecule has 2 aromatic rings. The molecule has 0 unspecified atom stereocenters. The third-order valence-corrected chi connectivity index (χ3v) is 8.01. The fourth-order valence-corrected chi connectivity index (χ4v) is 5.28. The maximum atomic E-state index is 13.3. The Labute approximate surface area is 246 Å². The Kier molecular flexibility index (Phi) is 9.95. The number of amides is 4. The first-order chi connectivity index (χ1) is 20.0. The number of benzene rings is 1. The van der Waals surface area contributed by atoms with Crippen molar-refractivity contribution in [1.29, 1.82) is 0 Å². The van der Waals surface area contributed by atoms with Gasteiger partial charge in [-0.2, -0.15) is 0 Å². The molecule has 11 nitrogen and oxygen atoms in total. The fraction of sp³-hybridized carbons (Fsp3) is 0.516. The number of methoxy groups -OCH3 is 1. The predicted octanol–water partition coefficient (Wildman–Crippen LogP) is 2.23. The number of ether oxygens (including phenoxy) is 1. The average molecular weight is 579 g/mol. The van der Waals surface area contributed by atoms with Crippen LogP contribution in [0.3, 0.4) is 0 Å². The van der Waals surface area contributed by atoms with E-state index in [4.69, 9.17) is 4.74 Å². The second-order valence-corrected chi connectivity index (χ2v) is 11.6. The Morgan fingerprint density at radius 1 is 0.929 bits per heavy atom. The van der Waals surface area contributed by atoms with Crippen LogP contribution in [0.5, 0.6) is 0 Å². The summed E-state index contributed by atoms with van der Waals surface area (Å²) in [6, 6.07) is 5.30. The van der Waals surface area contributed by atoms with E-state index in [1.165, 1.54) is 12.1 Å². The standard InChI is InChI=1S/C31H42N6O5/c1-17(2)27-30(40)34-20(5)31(41)37-13-7-8-25(36-37)29(39)33-19(4)21-9-10-22-16-32-24(15-23(22)14-21)11-12-26(42-6)18(3)28(38)35-27/h9-12,14-20,25-27,36H,7-8,13H2,1-6H3,(H,33,39)(H,34,40)(H,35,38)/b12-11+/t18-,19-,20+,25+,26-,27+/m1/s1. The van der Waals surface area contributed by atoms with E-state index < -0.39 is 36.1 Å². The van der Waals surface area contributed by atoms with Crippen molar-refractivity contribution in [1.82, 2.24) is 31.4 Å². The Balaban J connectivity index is 1.68. The molecule has 0 radical (unpaired) electrons. The molecule has 4 amide bonds. The van der Waals surface area contributed by atoms with Gasteiger partial charge in [0, 0.05) is 25.2 Å². The van der Waals surface area contributed by atoms with E-state index in [2.05, 4.69) is 26.4 Å². The smallest absolute Gasteiger partial charge is 0.258 e. The molecule has 1 aromatic carbocycles. The van der Waals surface area contributed by atoms with Gasteiger partial charge in [-0.15, -0.1) is 0 Å². The van der Waals surface area contributed by atoms with Gasteiger partial charge in [-0.1, -0.05) is 39.0 Å². The van der Waals surface area contributed by atoms with Crippen LogP contribution in [0.1, 0.15) is 64.8 Å². The third kappa shape index (κ3) is 7.14. The van der Waals surface area contributed by atoms with Gasteiger partial charge >= 0.3 is 0 Å². The van der Waals surface area contributed by atoms with E-state index >= 15 is 0 Å². The molecule has 3 heterocycles. The highest BCUT2D eigenvalue weighted by Gasteiger charge is 2.34. The fourth-order valence-electron chi connectivity index (χ4n) is 5.28. The number of carbonyl (C=O) groups excluding carboxylic acids is 4. The molecule has 0 spiro atoms. The largest absolute Gasteiger partial charge is 0.377 e. The topological polar surface area (TPSA) is 142 Å². The lowest BCUT2D eigenvalue weighted by atomic mass is 9.98. The van der Waals surface area contributed by atoms with Gasteiger partial charge in [0.2, 0.25) is 17.7 Å². The van der Waals surface area contributed by atoms with E-state index in [-0.39, 0.29) is 29.7 Å². The lowest BCUT2D eigenvalue weighted by Crippen LogP contribution is -2.62. The van der Waals surface area contributed by atoms with Gasteiger partial charge in [-0.3, -0.25) is 29.2 Å². The normalized spacial score (nSPS) is 29.1. The Hall–Kier alpha value is -3.83. The van der Waals surface area contributed by atoms with Crippen LogP contribution in [0.2, 0.25) is 0 Å². The van der Waals surface area contributed by atoms with Crippen molar-refractivity contribution in [2.75, 3.05) is 13.7 Å². The van der Waals surface area contributed by atoms with Crippen molar-refractivity contribution in [3.8, 4) is 0 Å². The molecule has 42 heavy (non-hydrogen) atoms. The summed E-state index contributed by atoms with van der Waals surface area (Å²) in [5.74, 6) is -2.22. The molecule has 4 rings (SSSR count). The molecule has 0 saturated carbocycles. The Morgan fingerprint density at radius 3 is 2.38 bits per heavy atom. The van der Waals surface area contributed by atoms with Crippen LogP contribution in [0, 0.1) is 11.8 Å². The third-order valence-electron chi connectivity index (χ3n) is 8.01. The van der Waals surface area contributed by atoms with Gasteiger partial charge in [-0.25, -0.2) is 5.43 Å². The lowest BCUT2D eigenvalue weighted by Gasteiger charge is -2.35. The van der Waals surface area contributed by atoms with E-state index in [0.29, 0.717) is 25.1 Å². The van der Waals surface area contributed by atoms with Crippen LogP contribution >= 0.6 is 0 Å². The summed E-state index contributed by atoms with van der Waals surface area (Å²) in [5.41, 5.74) is 4.67. The molecule has 1 aromatic heterocycles. The highest BCUT2D eigenvalue weighted by molar-refractivity contribution is 5.93. The van der Waals surface area contributed by atoms with Gasteiger partial charge in [0.15, 0.2) is 0 Å². The van der Waals surface area contributed by atoms with Gasteiger partial charge in [0.25, 0.3) is 5.91 Å². The summed E-state index contributed by atoms with van der Waals surface area (Å²) in [6.07, 6.45) is 6.00. The minimum Gasteiger partial charge on any atom is -0.377 e. The van der Waals surface area contributed by atoms with E-state index in [0.717, 1.165) is 16.3 Å². The molecule has 6 atom stereocenters. The number of hydrogen-bond donors (Lipinski definition) is 4. The highest BCUT2D eigenvalue weighted by atomic mass is 16.5. The predicted molar refractivity (Wildman–Crippen MR) is 160 cm³/mol. The summed E-state index contributed by atoms with van der Waals surface area (Å²) >= 11 is 0. The molecule has 5 bridgehead atoms. The molecule has 0 aliphatic carbocycles. The van der Waals surface area contributed by atoms with Crippen LogP contribution in [0.4, 0.5) is 0 Å². The van der Waals surface area contributed by atoms with Crippen LogP contribution in [0.15, 0.2) is 36.5 Å². The second kappa shape index (κ2) is 13.4. The number of nitrogens with one attached hydrogen (secondary N) is 4. The molecule has 1 fully saturated rings. The number of rotatable bonds is 2. The first-order valence-corrected chi connectivity index (χ1v) is 14.6. The first-order valence-electron chi connectivity index (χ1n) is 14.6. The summed E-state index contributed by atoms with van der Waals surface area (Å²) in [6.45, 7) is 9.32. The van der Waals surface area contributed by atoms with Crippen LogP contribution in [-0.2, 0) is 23.9 Å². The van der Waals surface area contributed by atoms with Crippen LogP contribution < -0.4 is 21.4 Å². The lowest BCUT2D eigenvalue weighted by molar-refractivity contribution is -0.143. The molecule has 4 N–H and O–H groups in total. The maximum absolute atomic E-state index is 13.3. The number of pyridine rings is 1. The Bertz CT molecular complexity index is 1360. The molecule has 2 aliphatic rings. The monoisotopic (exact) mass is 578 g/mol. The van der Waals surface area contributed by atoms with Crippen molar-refractivity contribution in [2.45, 2.75) is 77.7 Å². The summed E-state index contributed by atoms with van der Waals surface area (Å²) in [4.78, 5) is 57.5. The van der Waals surface area contributed by atoms with Gasteiger partial charge in [0.1, 0.15) is 18.1 Å². The number of nitrogens with zero attached hydrogens (tertiary/aromatic N) is 2. The zero-order chi connectivity index (χ0) is 30.6. The SMILES string of the molecule is CO[C@@H]1/C=C/c2cc3cc(ccc3cn2)[C@@H](C)NC(=O)[C@@H]2CCCN(N2)C(=O)[C@H](C)NC(=O)[C@H](C(C)C)NC(=O)[C@@H]1C. The van der Waals surface area contributed by atoms with Crippen molar-refractivity contribution in [3.05, 3.63) is 47.8 Å². The number of aromatic nitrogens is 1. The zero-order valence-electron chi connectivity index (χ0n) is 25.1. The maximum Gasteiger partial charge on any atom is 0.258 e. The van der Waals surface area contributed by atoms with Crippen molar-refractivity contribution < 1.29 is 23.9 Å². The summed E-state index contributed by atoms with van der Waals surface area (Å²) in [5, 5.41) is 12.0. The van der Waals surface area contributed by atoms with Crippen molar-refractivity contribution >= 4 is 40.5 Å². The molecular formula is C31H42N6O5. The van der Waals surface area contributed by atoms with Gasteiger partial charge in [0.05, 0.1) is 23.8 Å². The van der Waals surface area contributed by atoms with Crippen molar-refractivity contribution in [2.24, 2.45) is 11.8 Å². The van der Waals surface area contributed by atoms with Gasteiger partial charge < -0.3 is 20.7 Å². The van der Waals surface area contributed by atoms with E-state index in [9.17, 15) is 19.2 Å². The minimum atomic E-state index is -0.873.